The number of aryl methyl sites for hydroxylation is 1. The van der Waals surface area contributed by atoms with E-state index in [2.05, 4.69) is 20.7 Å². The zero-order chi connectivity index (χ0) is 21.6. The average molecular weight is 419 g/mol. The van der Waals surface area contributed by atoms with Gasteiger partial charge in [-0.2, -0.15) is 0 Å². The number of carbonyl (C=O) groups excluding carboxylic acids is 2. The lowest BCUT2D eigenvalue weighted by atomic mass is 10.0. The van der Waals surface area contributed by atoms with Gasteiger partial charge >= 0.3 is 6.03 Å². The molecule has 29 heavy (non-hydrogen) atoms. The van der Waals surface area contributed by atoms with Crippen LogP contribution in [0.2, 0.25) is 0 Å². The van der Waals surface area contributed by atoms with E-state index in [0.29, 0.717) is 16.9 Å². The maximum Gasteiger partial charge on any atom is 0.319 e. The van der Waals surface area contributed by atoms with Crippen molar-refractivity contribution in [1.82, 2.24) is 10.0 Å². The zero-order valence-electron chi connectivity index (χ0n) is 16.8. The van der Waals surface area contributed by atoms with E-state index in [-0.39, 0.29) is 10.8 Å². The molecule has 0 aliphatic rings. The Morgan fingerprint density at radius 3 is 2.17 bits per heavy atom. The lowest BCUT2D eigenvalue weighted by molar-refractivity contribution is -0.118. The Morgan fingerprint density at radius 1 is 0.931 bits per heavy atom. The molecule has 156 valence electrons. The van der Waals surface area contributed by atoms with E-state index in [1.807, 2.05) is 6.07 Å². The van der Waals surface area contributed by atoms with Crippen LogP contribution in [0.25, 0.3) is 0 Å². The first-order valence-corrected chi connectivity index (χ1v) is 10.6. The Bertz CT molecular complexity index is 975. The molecule has 2 aromatic carbocycles. The minimum atomic E-state index is -3.66. The van der Waals surface area contributed by atoms with E-state index in [1.165, 1.54) is 13.1 Å². The maximum atomic E-state index is 12.7. The van der Waals surface area contributed by atoms with Crippen molar-refractivity contribution in [3.8, 4) is 0 Å². The van der Waals surface area contributed by atoms with Gasteiger partial charge in [-0.05, 0) is 49.7 Å². The van der Waals surface area contributed by atoms with Crippen molar-refractivity contribution in [2.75, 3.05) is 17.7 Å². The van der Waals surface area contributed by atoms with Gasteiger partial charge in [-0.15, -0.1) is 0 Å². The van der Waals surface area contributed by atoms with Crippen LogP contribution in [0, 0.1) is 12.8 Å². The molecule has 8 nitrogen and oxygen atoms in total. The average Bonchev–Trinajstić information content (AvgIpc) is 2.68. The third kappa shape index (κ3) is 6.03. The number of para-hydroxylation sites is 1. The molecule has 0 radical (unpaired) electrons. The van der Waals surface area contributed by atoms with Crippen LogP contribution in [-0.2, 0) is 14.8 Å². The van der Waals surface area contributed by atoms with E-state index in [4.69, 9.17) is 0 Å². The van der Waals surface area contributed by atoms with Crippen LogP contribution in [-0.4, -0.2) is 33.4 Å². The minimum Gasteiger partial charge on any atom is -0.326 e. The molecule has 2 aromatic rings. The highest BCUT2D eigenvalue weighted by Crippen LogP contribution is 2.20. The minimum absolute atomic E-state index is 0.0775. The Balaban J connectivity index is 2.14. The summed E-state index contributed by atoms with van der Waals surface area (Å²) in [5.74, 6) is -0.637. The van der Waals surface area contributed by atoms with Gasteiger partial charge in [0, 0.05) is 11.4 Å². The molecule has 0 heterocycles. The molecular formula is C20H26N4O4S. The summed E-state index contributed by atoms with van der Waals surface area (Å²) in [6.45, 7) is 5.28. The molecule has 0 unspecified atom stereocenters. The normalized spacial score (nSPS) is 12.3. The maximum absolute atomic E-state index is 12.7. The summed E-state index contributed by atoms with van der Waals surface area (Å²) in [5, 5.41) is 8.01. The number of hydrogen-bond acceptors (Lipinski definition) is 4. The second-order valence-corrected chi connectivity index (χ2v) is 8.72. The highest BCUT2D eigenvalue weighted by atomic mass is 32.2. The summed E-state index contributed by atoms with van der Waals surface area (Å²) in [7, 11) is -2.33. The Hall–Kier alpha value is -2.91. The Kier molecular flexibility index (Phi) is 7.35. The summed E-state index contributed by atoms with van der Waals surface area (Å²) < 4.78 is 26.5. The largest absolute Gasteiger partial charge is 0.326 e. The van der Waals surface area contributed by atoms with Crippen LogP contribution in [0.5, 0.6) is 0 Å². The molecule has 2 rings (SSSR count). The van der Waals surface area contributed by atoms with Crippen molar-refractivity contribution in [3.63, 3.8) is 0 Å². The van der Waals surface area contributed by atoms with Gasteiger partial charge in [0.25, 0.3) is 0 Å². The number of benzene rings is 2. The summed E-state index contributed by atoms with van der Waals surface area (Å²) in [6.07, 6.45) is 0. The van der Waals surface area contributed by atoms with Gasteiger partial charge in [0.05, 0.1) is 4.90 Å². The van der Waals surface area contributed by atoms with Gasteiger partial charge in [0.15, 0.2) is 0 Å². The number of anilines is 2. The zero-order valence-corrected chi connectivity index (χ0v) is 17.6. The summed E-state index contributed by atoms with van der Waals surface area (Å²) in [6, 6.07) is 12.2. The lowest BCUT2D eigenvalue weighted by Gasteiger charge is -2.22. The number of urea groups is 1. The second-order valence-electron chi connectivity index (χ2n) is 6.86. The smallest absolute Gasteiger partial charge is 0.319 e. The predicted molar refractivity (Wildman–Crippen MR) is 113 cm³/mol. The molecule has 0 aromatic heterocycles. The van der Waals surface area contributed by atoms with Gasteiger partial charge in [-0.25, -0.2) is 17.9 Å². The fourth-order valence-electron chi connectivity index (χ4n) is 2.66. The number of nitrogens with one attached hydrogen (secondary N) is 4. The lowest BCUT2D eigenvalue weighted by Crippen LogP contribution is -2.48. The van der Waals surface area contributed by atoms with Crippen molar-refractivity contribution < 1.29 is 18.0 Å². The van der Waals surface area contributed by atoms with E-state index in [1.54, 1.807) is 57.2 Å². The van der Waals surface area contributed by atoms with Gasteiger partial charge in [-0.3, -0.25) is 4.79 Å². The summed E-state index contributed by atoms with van der Waals surface area (Å²) in [5.41, 5.74) is 1.48. The van der Waals surface area contributed by atoms with Crippen LogP contribution in [0.15, 0.2) is 53.4 Å². The number of sulfonamides is 1. The van der Waals surface area contributed by atoms with Crippen LogP contribution in [0.3, 0.4) is 0 Å². The van der Waals surface area contributed by atoms with Gasteiger partial charge in [0.1, 0.15) is 6.04 Å². The van der Waals surface area contributed by atoms with E-state index in [9.17, 15) is 18.0 Å². The predicted octanol–water partition coefficient (Wildman–Crippen LogP) is 2.69. The molecule has 0 aliphatic heterocycles. The second kappa shape index (κ2) is 9.53. The number of carbonyl (C=O) groups is 2. The molecule has 0 fully saturated rings. The van der Waals surface area contributed by atoms with Crippen LogP contribution in [0.1, 0.15) is 19.4 Å². The molecule has 0 aliphatic carbocycles. The fourth-order valence-corrected chi connectivity index (χ4v) is 3.66. The SMILES string of the molecule is CNS(=O)(=O)c1cc(NC(=O)[C@@H](NC(=O)Nc2ccccc2)C(C)C)ccc1C. The Morgan fingerprint density at radius 2 is 1.59 bits per heavy atom. The quantitative estimate of drug-likeness (QED) is 0.553. The van der Waals surface area contributed by atoms with Crippen LogP contribution >= 0.6 is 0 Å². The van der Waals surface area contributed by atoms with E-state index >= 15 is 0 Å². The van der Waals surface area contributed by atoms with Crippen LogP contribution < -0.4 is 20.7 Å². The molecule has 0 bridgehead atoms. The van der Waals surface area contributed by atoms with Crippen molar-refractivity contribution >= 4 is 33.3 Å². The van der Waals surface area contributed by atoms with E-state index < -0.39 is 28.0 Å². The molecule has 0 saturated heterocycles. The number of amides is 3. The van der Waals surface area contributed by atoms with Crippen molar-refractivity contribution in [1.29, 1.82) is 0 Å². The standard InChI is InChI=1S/C20H26N4O4S/c1-13(2)18(24-20(26)23-15-8-6-5-7-9-15)19(25)22-16-11-10-14(3)17(12-16)29(27,28)21-4/h5-13,18,21H,1-4H3,(H,22,25)(H2,23,24,26)/t18-/m0/s1. The number of rotatable bonds is 7. The summed E-state index contributed by atoms with van der Waals surface area (Å²) in [4.78, 5) is 25.1. The topological polar surface area (TPSA) is 116 Å². The number of hydrogen-bond donors (Lipinski definition) is 4. The van der Waals surface area contributed by atoms with Crippen molar-refractivity contribution in [2.45, 2.75) is 31.7 Å². The Labute approximate surface area is 171 Å². The first-order chi connectivity index (χ1) is 13.6. The molecule has 0 spiro atoms. The third-order valence-electron chi connectivity index (χ3n) is 4.28. The summed E-state index contributed by atoms with van der Waals surface area (Å²) >= 11 is 0. The molecule has 1 atom stereocenters. The van der Waals surface area contributed by atoms with Gasteiger partial charge < -0.3 is 16.0 Å². The van der Waals surface area contributed by atoms with Crippen molar-refractivity contribution in [2.24, 2.45) is 5.92 Å². The first-order valence-electron chi connectivity index (χ1n) is 9.11. The van der Waals surface area contributed by atoms with Crippen molar-refractivity contribution in [3.05, 3.63) is 54.1 Å². The molecule has 0 saturated carbocycles. The first kappa shape index (κ1) is 22.4. The van der Waals surface area contributed by atoms with Crippen LogP contribution in [0.4, 0.5) is 16.2 Å². The third-order valence-corrected chi connectivity index (χ3v) is 5.84. The molecule has 3 amide bonds. The monoisotopic (exact) mass is 418 g/mol. The molecule has 9 heteroatoms. The molecule has 4 N–H and O–H groups in total. The van der Waals surface area contributed by atoms with Gasteiger partial charge in [0.2, 0.25) is 15.9 Å². The van der Waals surface area contributed by atoms with Gasteiger partial charge in [-0.1, -0.05) is 38.1 Å². The highest BCUT2D eigenvalue weighted by molar-refractivity contribution is 7.89. The molecular weight excluding hydrogens is 392 g/mol. The highest BCUT2D eigenvalue weighted by Gasteiger charge is 2.25. The fraction of sp³-hybridized carbons (Fsp3) is 0.300. The van der Waals surface area contributed by atoms with E-state index in [0.717, 1.165) is 0 Å².